The summed E-state index contributed by atoms with van der Waals surface area (Å²) in [5.41, 5.74) is 0.635. The molecule has 0 spiro atoms. The summed E-state index contributed by atoms with van der Waals surface area (Å²) in [7, 11) is 0. The van der Waals surface area contributed by atoms with Crippen molar-refractivity contribution in [2.75, 3.05) is 12.0 Å². The SMILES string of the molecule is CSCCc1nc2c(F)c(F)ccc2[nH]1. The van der Waals surface area contributed by atoms with Crippen molar-refractivity contribution in [3.63, 3.8) is 0 Å². The van der Waals surface area contributed by atoms with Gasteiger partial charge in [0.1, 0.15) is 11.3 Å². The summed E-state index contributed by atoms with van der Waals surface area (Å²) in [5, 5.41) is 0. The van der Waals surface area contributed by atoms with Gasteiger partial charge in [-0.3, -0.25) is 0 Å². The number of hydrogen-bond acceptors (Lipinski definition) is 2. The van der Waals surface area contributed by atoms with Crippen LogP contribution in [0, 0.1) is 11.6 Å². The molecule has 0 aliphatic rings. The Kier molecular flexibility index (Phi) is 2.90. The van der Waals surface area contributed by atoms with Crippen molar-refractivity contribution >= 4 is 22.8 Å². The number of benzene rings is 1. The number of imidazole rings is 1. The van der Waals surface area contributed by atoms with Gasteiger partial charge >= 0.3 is 0 Å². The zero-order valence-corrected chi connectivity index (χ0v) is 9.00. The van der Waals surface area contributed by atoms with Crippen molar-refractivity contribution in [1.29, 1.82) is 0 Å². The van der Waals surface area contributed by atoms with Gasteiger partial charge < -0.3 is 4.98 Å². The quantitative estimate of drug-likeness (QED) is 0.875. The molecule has 2 nitrogen and oxygen atoms in total. The number of aromatic amines is 1. The van der Waals surface area contributed by atoms with Crippen LogP contribution in [-0.4, -0.2) is 22.0 Å². The van der Waals surface area contributed by atoms with Crippen LogP contribution < -0.4 is 0 Å². The van der Waals surface area contributed by atoms with Gasteiger partial charge in [-0.2, -0.15) is 11.8 Å². The summed E-state index contributed by atoms with van der Waals surface area (Å²) in [4.78, 5) is 6.99. The van der Waals surface area contributed by atoms with Gasteiger partial charge in [-0.1, -0.05) is 0 Å². The van der Waals surface area contributed by atoms with E-state index in [1.165, 1.54) is 6.07 Å². The van der Waals surface area contributed by atoms with Crippen LogP contribution in [0.4, 0.5) is 8.78 Å². The molecule has 1 aromatic carbocycles. The molecule has 2 rings (SSSR count). The Hall–Kier alpha value is -1.10. The first-order valence-electron chi connectivity index (χ1n) is 4.54. The Morgan fingerprint density at radius 2 is 2.20 bits per heavy atom. The summed E-state index contributed by atoms with van der Waals surface area (Å²) >= 11 is 1.69. The minimum Gasteiger partial charge on any atom is -0.342 e. The van der Waals surface area contributed by atoms with Gasteiger partial charge in [0.25, 0.3) is 0 Å². The van der Waals surface area contributed by atoms with E-state index in [1.54, 1.807) is 11.8 Å². The molecule has 1 heterocycles. The maximum absolute atomic E-state index is 13.3. The van der Waals surface area contributed by atoms with Crippen molar-refractivity contribution < 1.29 is 8.78 Å². The molecule has 0 radical (unpaired) electrons. The Morgan fingerprint density at radius 3 is 2.93 bits per heavy atom. The minimum atomic E-state index is -0.876. The van der Waals surface area contributed by atoms with E-state index in [0.717, 1.165) is 18.2 Å². The summed E-state index contributed by atoms with van der Waals surface area (Å²) in [6.07, 6.45) is 2.72. The molecule has 0 aliphatic carbocycles. The first-order chi connectivity index (χ1) is 7.22. The number of halogens is 2. The first kappa shape index (κ1) is 10.4. The molecule has 5 heteroatoms. The normalized spacial score (nSPS) is 11.1. The lowest BCUT2D eigenvalue weighted by molar-refractivity contribution is 0.515. The highest BCUT2D eigenvalue weighted by Crippen LogP contribution is 2.18. The van der Waals surface area contributed by atoms with E-state index in [2.05, 4.69) is 9.97 Å². The maximum atomic E-state index is 13.3. The standard InChI is InChI=1S/C10H10F2N2S/c1-15-5-4-8-13-7-3-2-6(11)9(12)10(7)14-8/h2-3H,4-5H2,1H3,(H,13,14). The average molecular weight is 228 g/mol. The van der Waals surface area contributed by atoms with E-state index in [0.29, 0.717) is 11.3 Å². The molecule has 1 aromatic heterocycles. The van der Waals surface area contributed by atoms with E-state index in [1.807, 2.05) is 6.26 Å². The molecule has 0 amide bonds. The number of thioether (sulfide) groups is 1. The number of nitrogens with zero attached hydrogens (tertiary/aromatic N) is 1. The van der Waals surface area contributed by atoms with E-state index in [9.17, 15) is 8.78 Å². The molecular weight excluding hydrogens is 218 g/mol. The third kappa shape index (κ3) is 1.97. The molecule has 0 saturated carbocycles. The lowest BCUT2D eigenvalue weighted by atomic mass is 10.3. The first-order valence-corrected chi connectivity index (χ1v) is 5.93. The van der Waals surface area contributed by atoms with Gasteiger partial charge in [-0.25, -0.2) is 13.8 Å². The van der Waals surface area contributed by atoms with Crippen LogP contribution in [-0.2, 0) is 6.42 Å². The predicted octanol–water partition coefficient (Wildman–Crippen LogP) is 2.75. The zero-order chi connectivity index (χ0) is 10.8. The molecule has 0 bridgehead atoms. The van der Waals surface area contributed by atoms with Gasteiger partial charge in [0.15, 0.2) is 11.6 Å². The number of H-pyrrole nitrogens is 1. The Morgan fingerprint density at radius 1 is 1.40 bits per heavy atom. The van der Waals surface area contributed by atoms with E-state index in [4.69, 9.17) is 0 Å². The lowest BCUT2D eigenvalue weighted by Crippen LogP contribution is -1.90. The summed E-state index contributed by atoms with van der Waals surface area (Å²) in [5.74, 6) is -0.127. The number of hydrogen-bond donors (Lipinski definition) is 1. The highest BCUT2D eigenvalue weighted by Gasteiger charge is 2.11. The van der Waals surface area contributed by atoms with Crippen molar-refractivity contribution in [2.24, 2.45) is 0 Å². The lowest BCUT2D eigenvalue weighted by Gasteiger charge is -1.91. The van der Waals surface area contributed by atoms with Crippen molar-refractivity contribution in [1.82, 2.24) is 9.97 Å². The summed E-state index contributed by atoms with van der Waals surface area (Å²) < 4.78 is 26.1. The fourth-order valence-electron chi connectivity index (χ4n) is 1.39. The number of fused-ring (bicyclic) bond motifs is 1. The smallest absolute Gasteiger partial charge is 0.186 e. The van der Waals surface area contributed by atoms with Gasteiger partial charge in [0.2, 0.25) is 0 Å². The molecule has 0 unspecified atom stereocenters. The van der Waals surface area contributed by atoms with E-state index < -0.39 is 11.6 Å². The van der Waals surface area contributed by atoms with Crippen LogP contribution in [0.25, 0.3) is 11.0 Å². The second kappa shape index (κ2) is 4.18. The third-order valence-corrected chi connectivity index (χ3v) is 2.75. The highest BCUT2D eigenvalue weighted by atomic mass is 32.2. The number of rotatable bonds is 3. The van der Waals surface area contributed by atoms with Crippen LogP contribution in [0.2, 0.25) is 0 Å². The number of aryl methyl sites for hydroxylation is 1. The fourth-order valence-corrected chi connectivity index (χ4v) is 1.78. The molecule has 0 atom stereocenters. The molecule has 0 aliphatic heterocycles. The second-order valence-corrected chi connectivity index (χ2v) is 4.17. The second-order valence-electron chi connectivity index (χ2n) is 3.18. The van der Waals surface area contributed by atoms with Crippen LogP contribution >= 0.6 is 11.8 Å². The average Bonchev–Trinajstić information content (AvgIpc) is 2.64. The van der Waals surface area contributed by atoms with Crippen LogP contribution in [0.5, 0.6) is 0 Å². The maximum Gasteiger partial charge on any atom is 0.186 e. The topological polar surface area (TPSA) is 28.7 Å². The molecule has 2 aromatic rings. The Bertz CT molecular complexity index is 481. The Labute approximate surface area is 90.1 Å². The molecule has 1 N–H and O–H groups in total. The van der Waals surface area contributed by atoms with Gasteiger partial charge in [-0.15, -0.1) is 0 Å². The molecular formula is C10H10F2N2S. The molecule has 0 fully saturated rings. The monoisotopic (exact) mass is 228 g/mol. The zero-order valence-electron chi connectivity index (χ0n) is 8.18. The fraction of sp³-hybridized carbons (Fsp3) is 0.300. The predicted molar refractivity (Wildman–Crippen MR) is 58.1 cm³/mol. The van der Waals surface area contributed by atoms with E-state index in [-0.39, 0.29) is 5.52 Å². The Balaban J connectivity index is 2.42. The minimum absolute atomic E-state index is 0.0890. The van der Waals surface area contributed by atoms with Gasteiger partial charge in [-0.05, 0) is 18.4 Å². The molecule has 15 heavy (non-hydrogen) atoms. The van der Waals surface area contributed by atoms with Crippen LogP contribution in [0.15, 0.2) is 12.1 Å². The summed E-state index contributed by atoms with van der Waals surface area (Å²) in [6, 6.07) is 2.61. The van der Waals surface area contributed by atoms with Gasteiger partial charge in [0, 0.05) is 12.2 Å². The largest absolute Gasteiger partial charge is 0.342 e. The summed E-state index contributed by atoms with van der Waals surface area (Å²) in [6.45, 7) is 0. The van der Waals surface area contributed by atoms with Crippen molar-refractivity contribution in [3.8, 4) is 0 Å². The highest BCUT2D eigenvalue weighted by molar-refractivity contribution is 7.98. The van der Waals surface area contributed by atoms with Crippen LogP contribution in [0.3, 0.4) is 0 Å². The molecule has 80 valence electrons. The van der Waals surface area contributed by atoms with E-state index >= 15 is 0 Å². The number of nitrogens with one attached hydrogen (secondary N) is 1. The third-order valence-electron chi connectivity index (χ3n) is 2.14. The van der Waals surface area contributed by atoms with Crippen molar-refractivity contribution in [3.05, 3.63) is 29.6 Å². The number of aromatic nitrogens is 2. The van der Waals surface area contributed by atoms with Crippen LogP contribution in [0.1, 0.15) is 5.82 Å². The van der Waals surface area contributed by atoms with Gasteiger partial charge in [0.05, 0.1) is 5.52 Å². The molecule has 0 saturated heterocycles. The van der Waals surface area contributed by atoms with Crippen molar-refractivity contribution in [2.45, 2.75) is 6.42 Å².